The van der Waals surface area contributed by atoms with E-state index in [1.807, 2.05) is 13.8 Å². The Morgan fingerprint density at radius 3 is 2.67 bits per heavy atom. The van der Waals surface area contributed by atoms with Crippen LogP contribution in [0.25, 0.3) is 0 Å². The van der Waals surface area contributed by atoms with Gasteiger partial charge in [-0.25, -0.2) is 0 Å². The smallest absolute Gasteiger partial charge is 0.163 e. The Bertz CT molecular complexity index is 367. The SMILES string of the molecule is CC1(C)OC2C3CCC4(CCC(O)CC4C3)C2O1. The maximum atomic E-state index is 9.94. The summed E-state index contributed by atoms with van der Waals surface area (Å²) in [6.07, 6.45) is 7.44. The maximum absolute atomic E-state index is 9.94. The normalized spacial score (nSPS) is 57.2. The quantitative estimate of drug-likeness (QED) is 0.720. The third-order valence-corrected chi connectivity index (χ3v) is 6.04. The molecule has 0 aromatic carbocycles. The first kappa shape index (κ1) is 11.7. The molecule has 0 radical (unpaired) electrons. The first-order valence-corrected chi connectivity index (χ1v) is 7.54. The van der Waals surface area contributed by atoms with Crippen LogP contribution in [0.5, 0.6) is 0 Å². The average molecular weight is 252 g/mol. The number of fused-ring (bicyclic) bond motifs is 1. The van der Waals surface area contributed by atoms with Crippen molar-refractivity contribution < 1.29 is 14.6 Å². The lowest BCUT2D eigenvalue weighted by molar-refractivity contribution is -0.179. The molecule has 1 spiro atoms. The van der Waals surface area contributed by atoms with E-state index >= 15 is 0 Å². The summed E-state index contributed by atoms with van der Waals surface area (Å²) in [4.78, 5) is 0. The van der Waals surface area contributed by atoms with Crippen molar-refractivity contribution in [2.75, 3.05) is 0 Å². The van der Waals surface area contributed by atoms with Gasteiger partial charge in [-0.15, -0.1) is 0 Å². The molecule has 3 nitrogen and oxygen atoms in total. The van der Waals surface area contributed by atoms with Crippen LogP contribution in [0.15, 0.2) is 0 Å². The second kappa shape index (κ2) is 3.50. The van der Waals surface area contributed by atoms with Crippen LogP contribution in [0.3, 0.4) is 0 Å². The van der Waals surface area contributed by atoms with Crippen LogP contribution in [-0.2, 0) is 9.47 Å². The van der Waals surface area contributed by atoms with Crippen molar-refractivity contribution in [3.63, 3.8) is 0 Å². The highest BCUT2D eigenvalue weighted by Gasteiger charge is 2.64. The highest BCUT2D eigenvalue weighted by atomic mass is 16.8. The van der Waals surface area contributed by atoms with Gasteiger partial charge in [0, 0.05) is 5.41 Å². The molecule has 1 heterocycles. The molecule has 5 rings (SSSR count). The zero-order chi connectivity index (χ0) is 12.5. The van der Waals surface area contributed by atoms with Gasteiger partial charge in [0.1, 0.15) is 0 Å². The summed E-state index contributed by atoms with van der Waals surface area (Å²) in [6, 6.07) is 0. The van der Waals surface area contributed by atoms with Gasteiger partial charge >= 0.3 is 0 Å². The Morgan fingerprint density at radius 1 is 1.06 bits per heavy atom. The lowest BCUT2D eigenvalue weighted by Crippen LogP contribution is -2.60. The van der Waals surface area contributed by atoms with Gasteiger partial charge in [-0.1, -0.05) is 0 Å². The zero-order valence-corrected chi connectivity index (χ0v) is 11.4. The predicted octanol–water partition coefficient (Wildman–Crippen LogP) is 2.47. The van der Waals surface area contributed by atoms with E-state index in [-0.39, 0.29) is 12.2 Å². The first-order valence-electron chi connectivity index (χ1n) is 7.54. The summed E-state index contributed by atoms with van der Waals surface area (Å²) in [5.41, 5.74) is 0.312. The van der Waals surface area contributed by atoms with Crippen molar-refractivity contribution in [1.82, 2.24) is 0 Å². The second-order valence-corrected chi connectivity index (χ2v) is 7.41. The van der Waals surface area contributed by atoms with E-state index < -0.39 is 5.79 Å². The minimum absolute atomic E-state index is 0.0752. The first-order chi connectivity index (χ1) is 8.50. The van der Waals surface area contributed by atoms with E-state index in [1.165, 1.54) is 19.3 Å². The molecule has 5 fully saturated rings. The van der Waals surface area contributed by atoms with Gasteiger partial charge in [0.15, 0.2) is 5.79 Å². The van der Waals surface area contributed by atoms with E-state index in [1.54, 1.807) is 0 Å². The minimum Gasteiger partial charge on any atom is -0.393 e. The summed E-state index contributed by atoms with van der Waals surface area (Å²) in [7, 11) is 0. The number of hydrogen-bond donors (Lipinski definition) is 1. The van der Waals surface area contributed by atoms with Crippen LogP contribution >= 0.6 is 0 Å². The van der Waals surface area contributed by atoms with Crippen molar-refractivity contribution >= 4 is 0 Å². The Labute approximate surface area is 109 Å². The molecule has 4 aliphatic carbocycles. The molecule has 102 valence electrons. The van der Waals surface area contributed by atoms with Crippen molar-refractivity contribution in [3.05, 3.63) is 0 Å². The third-order valence-electron chi connectivity index (χ3n) is 6.04. The molecule has 1 saturated heterocycles. The molecule has 18 heavy (non-hydrogen) atoms. The van der Waals surface area contributed by atoms with Crippen molar-refractivity contribution in [3.8, 4) is 0 Å². The molecule has 2 bridgehead atoms. The minimum atomic E-state index is -0.407. The van der Waals surface area contributed by atoms with Gasteiger partial charge in [-0.3, -0.25) is 0 Å². The van der Waals surface area contributed by atoms with E-state index in [9.17, 15) is 5.11 Å². The van der Waals surface area contributed by atoms with E-state index in [0.717, 1.165) is 19.3 Å². The highest BCUT2D eigenvalue weighted by molar-refractivity contribution is 5.12. The molecule has 1 aliphatic heterocycles. The molecule has 5 aliphatic rings. The molecule has 4 saturated carbocycles. The second-order valence-electron chi connectivity index (χ2n) is 7.41. The number of ether oxygens (including phenoxy) is 2. The highest BCUT2D eigenvalue weighted by Crippen LogP contribution is 2.63. The monoisotopic (exact) mass is 252 g/mol. The Morgan fingerprint density at radius 2 is 1.83 bits per heavy atom. The predicted molar refractivity (Wildman–Crippen MR) is 66.9 cm³/mol. The topological polar surface area (TPSA) is 38.7 Å². The van der Waals surface area contributed by atoms with Crippen molar-refractivity contribution in [2.24, 2.45) is 17.3 Å². The Hall–Kier alpha value is -0.120. The van der Waals surface area contributed by atoms with E-state index in [0.29, 0.717) is 23.4 Å². The lowest BCUT2D eigenvalue weighted by Gasteiger charge is -2.59. The summed E-state index contributed by atoms with van der Waals surface area (Å²) in [5, 5.41) is 9.94. The van der Waals surface area contributed by atoms with E-state index in [2.05, 4.69) is 0 Å². The molecule has 0 amide bonds. The third kappa shape index (κ3) is 1.41. The van der Waals surface area contributed by atoms with Crippen LogP contribution in [-0.4, -0.2) is 29.2 Å². The summed E-state index contributed by atoms with van der Waals surface area (Å²) < 4.78 is 12.5. The summed E-state index contributed by atoms with van der Waals surface area (Å²) >= 11 is 0. The van der Waals surface area contributed by atoms with Crippen LogP contribution in [0.1, 0.15) is 52.4 Å². The fourth-order valence-electron chi connectivity index (χ4n) is 5.31. The molecular weight excluding hydrogens is 228 g/mol. The number of aliphatic hydroxyl groups is 1. The molecule has 6 atom stereocenters. The Kier molecular flexibility index (Phi) is 2.27. The van der Waals surface area contributed by atoms with Crippen molar-refractivity contribution in [1.29, 1.82) is 0 Å². The fourth-order valence-corrected chi connectivity index (χ4v) is 5.31. The van der Waals surface area contributed by atoms with Crippen LogP contribution in [0.2, 0.25) is 0 Å². The largest absolute Gasteiger partial charge is 0.393 e. The van der Waals surface area contributed by atoms with Crippen molar-refractivity contribution in [2.45, 2.75) is 76.5 Å². The van der Waals surface area contributed by atoms with Crippen LogP contribution in [0, 0.1) is 17.3 Å². The van der Waals surface area contributed by atoms with Gasteiger partial charge in [-0.2, -0.15) is 0 Å². The maximum Gasteiger partial charge on any atom is 0.163 e. The fraction of sp³-hybridized carbons (Fsp3) is 1.00. The molecular formula is C15H24O3. The molecule has 0 aromatic heterocycles. The molecule has 6 unspecified atom stereocenters. The zero-order valence-electron chi connectivity index (χ0n) is 11.4. The molecule has 3 heteroatoms. The number of aliphatic hydroxyl groups excluding tert-OH is 1. The van der Waals surface area contributed by atoms with Gasteiger partial charge in [0.05, 0.1) is 18.3 Å². The van der Waals surface area contributed by atoms with Gasteiger partial charge in [0.25, 0.3) is 0 Å². The average Bonchev–Trinajstić information content (AvgIpc) is 2.66. The number of rotatable bonds is 0. The summed E-state index contributed by atoms with van der Waals surface area (Å²) in [6.45, 7) is 4.10. The van der Waals surface area contributed by atoms with E-state index in [4.69, 9.17) is 9.47 Å². The number of hydrogen-bond acceptors (Lipinski definition) is 3. The summed E-state index contributed by atoms with van der Waals surface area (Å²) in [5.74, 6) is 0.920. The Balaban J connectivity index is 1.70. The van der Waals surface area contributed by atoms with Gasteiger partial charge in [-0.05, 0) is 64.2 Å². The van der Waals surface area contributed by atoms with Gasteiger partial charge < -0.3 is 14.6 Å². The van der Waals surface area contributed by atoms with Crippen LogP contribution in [0.4, 0.5) is 0 Å². The van der Waals surface area contributed by atoms with Crippen LogP contribution < -0.4 is 0 Å². The standard InChI is InChI=1S/C15H24O3/c1-14(2)17-12-9-3-5-15(13(12)18-14)6-4-11(16)8-10(15)7-9/h9-13,16H,3-8H2,1-2H3. The lowest BCUT2D eigenvalue weighted by atomic mass is 9.48. The molecule has 0 aromatic rings. The van der Waals surface area contributed by atoms with Gasteiger partial charge in [0.2, 0.25) is 0 Å². The molecule has 1 N–H and O–H groups in total.